The zero-order chi connectivity index (χ0) is 16.7. The highest BCUT2D eigenvalue weighted by Gasteiger charge is 2.16. The fourth-order valence-corrected chi connectivity index (χ4v) is 3.05. The van der Waals surface area contributed by atoms with E-state index in [9.17, 15) is 4.79 Å². The third-order valence-corrected chi connectivity index (χ3v) is 4.96. The summed E-state index contributed by atoms with van der Waals surface area (Å²) in [6.07, 6.45) is 0. The van der Waals surface area contributed by atoms with Crippen molar-refractivity contribution in [3.05, 3.63) is 54.6 Å². The van der Waals surface area contributed by atoms with Crippen molar-refractivity contribution in [2.24, 2.45) is 11.8 Å². The van der Waals surface area contributed by atoms with Crippen LogP contribution in [0.4, 0.5) is 0 Å². The van der Waals surface area contributed by atoms with E-state index in [1.165, 1.54) is 11.8 Å². The molecule has 0 spiro atoms. The van der Waals surface area contributed by atoms with E-state index in [0.29, 0.717) is 18.3 Å². The molecule has 0 N–H and O–H groups in total. The first-order valence-corrected chi connectivity index (χ1v) is 9.02. The predicted molar refractivity (Wildman–Crippen MR) is 98.8 cm³/mol. The summed E-state index contributed by atoms with van der Waals surface area (Å²) in [6.45, 7) is 6.68. The van der Waals surface area contributed by atoms with Crippen LogP contribution >= 0.6 is 11.8 Å². The number of carbonyl (C=O) groups is 1. The third-order valence-electron chi connectivity index (χ3n) is 3.93. The Morgan fingerprint density at radius 2 is 1.65 bits per heavy atom. The van der Waals surface area contributed by atoms with Gasteiger partial charge in [0.15, 0.2) is 5.12 Å². The van der Waals surface area contributed by atoms with Crippen LogP contribution in [-0.2, 0) is 4.79 Å². The van der Waals surface area contributed by atoms with Crippen molar-refractivity contribution in [1.29, 1.82) is 0 Å². The van der Waals surface area contributed by atoms with Crippen molar-refractivity contribution < 1.29 is 9.53 Å². The van der Waals surface area contributed by atoms with E-state index in [1.807, 2.05) is 43.3 Å². The number of hydrogen-bond acceptors (Lipinski definition) is 3. The van der Waals surface area contributed by atoms with Crippen LogP contribution in [0.5, 0.6) is 5.75 Å². The summed E-state index contributed by atoms with van der Waals surface area (Å²) in [7, 11) is 0. The molecule has 0 radical (unpaired) electrons. The van der Waals surface area contributed by atoms with Crippen LogP contribution in [0, 0.1) is 11.8 Å². The number of para-hydroxylation sites is 1. The van der Waals surface area contributed by atoms with E-state index in [2.05, 4.69) is 32.0 Å². The lowest BCUT2D eigenvalue weighted by Crippen LogP contribution is -2.15. The molecule has 0 aliphatic carbocycles. The molecule has 0 saturated heterocycles. The number of rotatable bonds is 7. The van der Waals surface area contributed by atoms with E-state index in [0.717, 1.165) is 16.9 Å². The van der Waals surface area contributed by atoms with Crippen LogP contribution in [-0.4, -0.2) is 17.5 Å². The predicted octanol–water partition coefficient (Wildman–Crippen LogP) is 5.28. The summed E-state index contributed by atoms with van der Waals surface area (Å²) in [5.41, 5.74) is 2.22. The first kappa shape index (κ1) is 17.6. The Bertz CT molecular complexity index is 623. The molecule has 0 heterocycles. The summed E-state index contributed by atoms with van der Waals surface area (Å²) >= 11 is 1.37. The molecular formula is C20H24O2S. The fourth-order valence-electron chi connectivity index (χ4n) is 2.15. The molecule has 2 aromatic carbocycles. The molecule has 0 saturated carbocycles. The van der Waals surface area contributed by atoms with Crippen molar-refractivity contribution in [3.63, 3.8) is 0 Å². The zero-order valence-electron chi connectivity index (χ0n) is 14.0. The molecule has 0 aliphatic heterocycles. The maximum absolute atomic E-state index is 12.0. The molecule has 1 unspecified atom stereocenters. The van der Waals surface area contributed by atoms with Crippen LogP contribution in [0.15, 0.2) is 54.6 Å². The van der Waals surface area contributed by atoms with Crippen molar-refractivity contribution in [1.82, 2.24) is 0 Å². The molecule has 2 aromatic rings. The van der Waals surface area contributed by atoms with Crippen molar-refractivity contribution in [3.8, 4) is 16.9 Å². The first-order valence-electron chi connectivity index (χ1n) is 8.03. The fraction of sp³-hybridized carbons (Fsp3) is 0.350. The van der Waals surface area contributed by atoms with Crippen molar-refractivity contribution in [2.75, 3.05) is 12.4 Å². The molecule has 122 valence electrons. The summed E-state index contributed by atoms with van der Waals surface area (Å²) in [4.78, 5) is 12.0. The van der Waals surface area contributed by atoms with Gasteiger partial charge in [-0.2, -0.15) is 0 Å². The van der Waals surface area contributed by atoms with E-state index >= 15 is 0 Å². The molecule has 0 aromatic heterocycles. The van der Waals surface area contributed by atoms with Gasteiger partial charge in [-0.05, 0) is 17.5 Å². The topological polar surface area (TPSA) is 26.3 Å². The lowest BCUT2D eigenvalue weighted by Gasteiger charge is -2.14. The molecule has 2 rings (SSSR count). The molecule has 23 heavy (non-hydrogen) atoms. The van der Waals surface area contributed by atoms with Crippen LogP contribution < -0.4 is 4.74 Å². The Morgan fingerprint density at radius 1 is 1.00 bits per heavy atom. The molecule has 0 amide bonds. The number of carbonyl (C=O) groups excluding carboxylic acids is 1. The van der Waals surface area contributed by atoms with Gasteiger partial charge in [-0.15, -0.1) is 0 Å². The van der Waals surface area contributed by atoms with Crippen molar-refractivity contribution >= 4 is 16.9 Å². The summed E-state index contributed by atoms with van der Waals surface area (Å²) in [5.74, 6) is 2.02. The second-order valence-electron chi connectivity index (χ2n) is 5.91. The van der Waals surface area contributed by atoms with Gasteiger partial charge in [0.1, 0.15) is 5.75 Å². The van der Waals surface area contributed by atoms with Gasteiger partial charge in [0, 0.05) is 17.2 Å². The normalized spacial score (nSPS) is 12.2. The van der Waals surface area contributed by atoms with Gasteiger partial charge >= 0.3 is 0 Å². The zero-order valence-corrected chi connectivity index (χ0v) is 14.8. The Kier molecular flexibility index (Phi) is 6.72. The largest absolute Gasteiger partial charge is 0.492 e. The maximum Gasteiger partial charge on any atom is 0.192 e. The second kappa shape index (κ2) is 8.78. The van der Waals surface area contributed by atoms with Gasteiger partial charge in [0.05, 0.1) is 6.61 Å². The quantitative estimate of drug-likeness (QED) is 0.646. The van der Waals surface area contributed by atoms with Gasteiger partial charge in [0.25, 0.3) is 0 Å². The smallest absolute Gasteiger partial charge is 0.192 e. The average Bonchev–Trinajstić information content (AvgIpc) is 2.58. The Labute approximate surface area is 143 Å². The molecule has 3 heteroatoms. The molecule has 1 atom stereocenters. The molecule has 2 nitrogen and oxygen atoms in total. The summed E-state index contributed by atoms with van der Waals surface area (Å²) < 4.78 is 5.91. The lowest BCUT2D eigenvalue weighted by molar-refractivity contribution is -0.115. The minimum absolute atomic E-state index is 0.0941. The van der Waals surface area contributed by atoms with Crippen LogP contribution in [0.2, 0.25) is 0 Å². The van der Waals surface area contributed by atoms with E-state index < -0.39 is 0 Å². The number of ether oxygens (including phenoxy) is 1. The van der Waals surface area contributed by atoms with Gasteiger partial charge in [-0.1, -0.05) is 81.1 Å². The van der Waals surface area contributed by atoms with Gasteiger partial charge in [-0.25, -0.2) is 0 Å². The third kappa shape index (κ3) is 5.14. The van der Waals surface area contributed by atoms with Crippen LogP contribution in [0.25, 0.3) is 11.1 Å². The molecule has 0 fully saturated rings. The molecular weight excluding hydrogens is 304 g/mol. The van der Waals surface area contributed by atoms with Gasteiger partial charge < -0.3 is 4.74 Å². The summed E-state index contributed by atoms with van der Waals surface area (Å²) in [6, 6.07) is 18.2. The highest BCUT2D eigenvalue weighted by Crippen LogP contribution is 2.29. The van der Waals surface area contributed by atoms with E-state index in [1.54, 1.807) is 0 Å². The minimum Gasteiger partial charge on any atom is -0.492 e. The average molecular weight is 328 g/mol. The van der Waals surface area contributed by atoms with E-state index in [-0.39, 0.29) is 11.0 Å². The van der Waals surface area contributed by atoms with Crippen molar-refractivity contribution in [2.45, 2.75) is 20.8 Å². The number of benzene rings is 2. The standard InChI is InChI=1S/C20H24O2S/c1-15(2)16(3)20(21)23-14-13-22-19-12-8-7-11-18(19)17-9-5-4-6-10-17/h4-12,15-16H,13-14H2,1-3H3. The van der Waals surface area contributed by atoms with E-state index in [4.69, 9.17) is 4.74 Å². The lowest BCUT2D eigenvalue weighted by atomic mass is 10.0. The minimum atomic E-state index is 0.0941. The highest BCUT2D eigenvalue weighted by molar-refractivity contribution is 8.13. The Morgan fingerprint density at radius 3 is 2.35 bits per heavy atom. The Balaban J connectivity index is 1.91. The summed E-state index contributed by atoms with van der Waals surface area (Å²) in [5, 5.41) is 0.250. The van der Waals surface area contributed by atoms with Gasteiger partial charge in [0.2, 0.25) is 0 Å². The SMILES string of the molecule is CC(C)C(C)C(=O)SCCOc1ccccc1-c1ccccc1. The highest BCUT2D eigenvalue weighted by atomic mass is 32.2. The van der Waals surface area contributed by atoms with Crippen LogP contribution in [0.1, 0.15) is 20.8 Å². The number of hydrogen-bond donors (Lipinski definition) is 0. The molecule has 0 aliphatic rings. The Hall–Kier alpha value is -1.74. The van der Waals surface area contributed by atoms with Gasteiger partial charge in [-0.3, -0.25) is 4.79 Å². The number of thioether (sulfide) groups is 1. The maximum atomic E-state index is 12.0. The monoisotopic (exact) mass is 328 g/mol. The second-order valence-corrected chi connectivity index (χ2v) is 7.01. The molecule has 0 bridgehead atoms. The first-order chi connectivity index (χ1) is 11.1. The van der Waals surface area contributed by atoms with Crippen LogP contribution in [0.3, 0.4) is 0 Å².